The zero-order chi connectivity index (χ0) is 11.8. The molecule has 3 nitrogen and oxygen atoms in total. The molecule has 0 unspecified atom stereocenters. The van der Waals surface area contributed by atoms with Crippen LogP contribution in [0.5, 0.6) is 0 Å². The Balaban J connectivity index is 2.46. The molecular formula is C12H17NO2S. The van der Waals surface area contributed by atoms with Gasteiger partial charge in [-0.25, -0.2) is 0 Å². The zero-order valence-corrected chi connectivity index (χ0v) is 10.2. The molecule has 0 radical (unpaired) electrons. The van der Waals surface area contributed by atoms with Crippen LogP contribution in [0.3, 0.4) is 0 Å². The first kappa shape index (κ1) is 13.1. The van der Waals surface area contributed by atoms with Gasteiger partial charge < -0.3 is 10.4 Å². The molecule has 1 atom stereocenters. The van der Waals surface area contributed by atoms with Crippen LogP contribution in [-0.4, -0.2) is 35.7 Å². The number of carbonyl (C=O) groups is 1. The van der Waals surface area contributed by atoms with E-state index < -0.39 is 0 Å². The van der Waals surface area contributed by atoms with Crippen LogP contribution in [0.4, 0.5) is 0 Å². The highest BCUT2D eigenvalue weighted by Gasteiger charge is 2.11. The number of aliphatic hydroxyl groups excluding tert-OH is 1. The number of thioether (sulfide) groups is 1. The van der Waals surface area contributed by atoms with Crippen LogP contribution in [-0.2, 0) is 11.2 Å². The SMILES string of the molecule is CSCC(=O)N[C@@H](CO)Cc1ccccc1. The molecule has 0 aliphatic rings. The third-order valence-electron chi connectivity index (χ3n) is 2.19. The second-order valence-electron chi connectivity index (χ2n) is 3.57. The molecule has 0 aliphatic heterocycles. The topological polar surface area (TPSA) is 49.3 Å². The summed E-state index contributed by atoms with van der Waals surface area (Å²) < 4.78 is 0. The number of benzene rings is 1. The van der Waals surface area contributed by atoms with Crippen LogP contribution in [0.1, 0.15) is 5.56 Å². The van der Waals surface area contributed by atoms with Gasteiger partial charge in [-0.2, -0.15) is 11.8 Å². The second kappa shape index (κ2) is 7.30. The Morgan fingerprint density at radius 2 is 2.12 bits per heavy atom. The van der Waals surface area contributed by atoms with E-state index in [-0.39, 0.29) is 18.6 Å². The van der Waals surface area contributed by atoms with Crippen molar-refractivity contribution in [2.75, 3.05) is 18.6 Å². The summed E-state index contributed by atoms with van der Waals surface area (Å²) in [6.07, 6.45) is 2.54. The van der Waals surface area contributed by atoms with E-state index >= 15 is 0 Å². The molecule has 88 valence electrons. The van der Waals surface area contributed by atoms with Gasteiger partial charge >= 0.3 is 0 Å². The molecular weight excluding hydrogens is 222 g/mol. The van der Waals surface area contributed by atoms with Crippen molar-refractivity contribution in [3.63, 3.8) is 0 Å². The first-order valence-corrected chi connectivity index (χ1v) is 6.58. The molecule has 16 heavy (non-hydrogen) atoms. The monoisotopic (exact) mass is 239 g/mol. The summed E-state index contributed by atoms with van der Waals surface area (Å²) >= 11 is 1.47. The smallest absolute Gasteiger partial charge is 0.230 e. The van der Waals surface area contributed by atoms with E-state index in [9.17, 15) is 9.90 Å². The molecule has 1 aromatic carbocycles. The molecule has 0 bridgehead atoms. The van der Waals surface area contributed by atoms with Gasteiger partial charge in [0.25, 0.3) is 0 Å². The predicted molar refractivity (Wildman–Crippen MR) is 67.5 cm³/mol. The van der Waals surface area contributed by atoms with Gasteiger partial charge in [0.05, 0.1) is 18.4 Å². The predicted octanol–water partition coefficient (Wildman–Crippen LogP) is 1.07. The maximum absolute atomic E-state index is 11.4. The van der Waals surface area contributed by atoms with Gasteiger partial charge in [0.2, 0.25) is 5.91 Å². The number of nitrogens with one attached hydrogen (secondary N) is 1. The van der Waals surface area contributed by atoms with Crippen molar-refractivity contribution in [2.45, 2.75) is 12.5 Å². The fourth-order valence-electron chi connectivity index (χ4n) is 1.46. The van der Waals surface area contributed by atoms with Gasteiger partial charge in [0, 0.05) is 0 Å². The van der Waals surface area contributed by atoms with E-state index in [4.69, 9.17) is 0 Å². The van der Waals surface area contributed by atoms with Crippen molar-refractivity contribution in [2.24, 2.45) is 0 Å². The zero-order valence-electron chi connectivity index (χ0n) is 9.35. The van der Waals surface area contributed by atoms with Gasteiger partial charge in [-0.05, 0) is 18.2 Å². The Labute approximate surface area is 100 Å². The number of rotatable bonds is 6. The highest BCUT2D eigenvalue weighted by Crippen LogP contribution is 2.03. The fourth-order valence-corrected chi connectivity index (χ4v) is 1.81. The Kier molecular flexibility index (Phi) is 5.96. The van der Waals surface area contributed by atoms with Crippen molar-refractivity contribution in [3.8, 4) is 0 Å². The second-order valence-corrected chi connectivity index (χ2v) is 4.44. The number of hydrogen-bond acceptors (Lipinski definition) is 3. The van der Waals surface area contributed by atoms with E-state index in [1.54, 1.807) is 0 Å². The highest BCUT2D eigenvalue weighted by atomic mass is 32.2. The molecule has 0 saturated carbocycles. The van der Waals surface area contributed by atoms with Crippen LogP contribution in [0.2, 0.25) is 0 Å². The lowest BCUT2D eigenvalue weighted by molar-refractivity contribution is -0.119. The van der Waals surface area contributed by atoms with Gasteiger partial charge in [-0.15, -0.1) is 0 Å². The molecule has 0 aromatic heterocycles. The average molecular weight is 239 g/mol. The van der Waals surface area contributed by atoms with E-state index in [1.807, 2.05) is 36.6 Å². The summed E-state index contributed by atoms with van der Waals surface area (Å²) in [4.78, 5) is 11.4. The van der Waals surface area contributed by atoms with Crippen molar-refractivity contribution < 1.29 is 9.90 Å². The number of amides is 1. The Morgan fingerprint density at radius 3 is 2.69 bits per heavy atom. The third kappa shape index (κ3) is 4.68. The first-order chi connectivity index (χ1) is 7.76. The van der Waals surface area contributed by atoms with Gasteiger partial charge in [-0.1, -0.05) is 30.3 Å². The molecule has 0 fully saturated rings. The standard InChI is InChI=1S/C12H17NO2S/c1-16-9-12(15)13-11(8-14)7-10-5-3-2-4-6-10/h2-6,11,14H,7-9H2,1H3,(H,13,15)/t11-/m1/s1. The van der Waals surface area contributed by atoms with Crippen LogP contribution < -0.4 is 5.32 Å². The van der Waals surface area contributed by atoms with Crippen LogP contribution >= 0.6 is 11.8 Å². The molecule has 1 amide bonds. The summed E-state index contributed by atoms with van der Waals surface area (Å²) in [6, 6.07) is 9.64. The van der Waals surface area contributed by atoms with E-state index in [2.05, 4.69) is 5.32 Å². The molecule has 0 spiro atoms. The van der Waals surface area contributed by atoms with Crippen molar-refractivity contribution in [1.82, 2.24) is 5.32 Å². The minimum atomic E-state index is -0.193. The van der Waals surface area contributed by atoms with Crippen LogP contribution in [0.25, 0.3) is 0 Å². The van der Waals surface area contributed by atoms with Crippen LogP contribution in [0, 0.1) is 0 Å². The van der Waals surface area contributed by atoms with Gasteiger partial charge in [0.15, 0.2) is 0 Å². The summed E-state index contributed by atoms with van der Waals surface area (Å²) in [5.74, 6) is 0.410. The molecule has 2 N–H and O–H groups in total. The summed E-state index contributed by atoms with van der Waals surface area (Å²) in [7, 11) is 0. The molecule has 1 rings (SSSR count). The maximum Gasteiger partial charge on any atom is 0.230 e. The van der Waals surface area contributed by atoms with Crippen molar-refractivity contribution in [3.05, 3.63) is 35.9 Å². The van der Waals surface area contributed by atoms with E-state index in [1.165, 1.54) is 11.8 Å². The Bertz CT molecular complexity index is 316. The highest BCUT2D eigenvalue weighted by molar-refractivity contribution is 7.99. The molecule has 0 heterocycles. The third-order valence-corrected chi connectivity index (χ3v) is 2.74. The average Bonchev–Trinajstić information content (AvgIpc) is 2.30. The van der Waals surface area contributed by atoms with E-state index in [0.717, 1.165) is 5.56 Å². The minimum absolute atomic E-state index is 0.0255. The summed E-state index contributed by atoms with van der Waals surface area (Å²) in [6.45, 7) is -0.0327. The molecule has 0 saturated heterocycles. The molecule has 4 heteroatoms. The van der Waals surface area contributed by atoms with E-state index in [0.29, 0.717) is 12.2 Å². The largest absolute Gasteiger partial charge is 0.394 e. The summed E-state index contributed by atoms with van der Waals surface area (Å²) in [5.41, 5.74) is 1.12. The van der Waals surface area contributed by atoms with Gasteiger partial charge in [-0.3, -0.25) is 4.79 Å². The lowest BCUT2D eigenvalue weighted by atomic mass is 10.1. The Hall–Kier alpha value is -1.00. The van der Waals surface area contributed by atoms with Gasteiger partial charge in [0.1, 0.15) is 0 Å². The maximum atomic E-state index is 11.4. The number of aliphatic hydroxyl groups is 1. The minimum Gasteiger partial charge on any atom is -0.394 e. The summed E-state index contributed by atoms with van der Waals surface area (Å²) in [5, 5.41) is 12.0. The van der Waals surface area contributed by atoms with Crippen molar-refractivity contribution in [1.29, 1.82) is 0 Å². The Morgan fingerprint density at radius 1 is 1.44 bits per heavy atom. The molecule has 1 aromatic rings. The van der Waals surface area contributed by atoms with Crippen molar-refractivity contribution >= 4 is 17.7 Å². The number of carbonyl (C=O) groups excluding carboxylic acids is 1. The lowest BCUT2D eigenvalue weighted by Crippen LogP contribution is -2.40. The quantitative estimate of drug-likeness (QED) is 0.780. The number of hydrogen-bond donors (Lipinski definition) is 2. The molecule has 0 aliphatic carbocycles. The lowest BCUT2D eigenvalue weighted by Gasteiger charge is -2.15. The first-order valence-electron chi connectivity index (χ1n) is 5.19. The fraction of sp³-hybridized carbons (Fsp3) is 0.417. The normalized spacial score (nSPS) is 12.1. The van der Waals surface area contributed by atoms with Crippen LogP contribution in [0.15, 0.2) is 30.3 Å².